The molecule has 0 amide bonds. The van der Waals surface area contributed by atoms with Gasteiger partial charge in [0.1, 0.15) is 11.5 Å². The summed E-state index contributed by atoms with van der Waals surface area (Å²) in [6.07, 6.45) is 14.1. The molecule has 0 saturated heterocycles. The first-order valence-corrected chi connectivity index (χ1v) is 8.48. The maximum atomic E-state index is 10.8. The number of aromatic nitrogens is 4. The van der Waals surface area contributed by atoms with Crippen LogP contribution < -0.4 is 0 Å². The number of imidazole rings is 2. The van der Waals surface area contributed by atoms with Gasteiger partial charge in [0, 0.05) is 18.8 Å². The summed E-state index contributed by atoms with van der Waals surface area (Å²) in [4.78, 5) is 12.3. The molecule has 120 valence electrons. The minimum absolute atomic E-state index is 0.585. The fourth-order valence-electron chi connectivity index (χ4n) is 3.31. The molecule has 2 aromatic heterocycles. The van der Waals surface area contributed by atoms with Crippen molar-refractivity contribution in [1.82, 2.24) is 19.5 Å². The van der Waals surface area contributed by atoms with Gasteiger partial charge in [0.2, 0.25) is 0 Å². The van der Waals surface area contributed by atoms with Crippen molar-refractivity contribution in [2.45, 2.75) is 70.4 Å². The third kappa shape index (κ3) is 3.40. The van der Waals surface area contributed by atoms with E-state index in [1.807, 2.05) is 12.4 Å². The molecule has 0 radical (unpaired) electrons. The molecule has 0 unspecified atom stereocenters. The van der Waals surface area contributed by atoms with Gasteiger partial charge in [-0.25, -0.2) is 9.97 Å². The van der Waals surface area contributed by atoms with Gasteiger partial charge in [0.15, 0.2) is 5.82 Å². The largest absolute Gasteiger partial charge is 0.388 e. The maximum absolute atomic E-state index is 10.8. The van der Waals surface area contributed by atoms with Gasteiger partial charge in [-0.2, -0.15) is 0 Å². The van der Waals surface area contributed by atoms with E-state index in [1.165, 1.54) is 6.42 Å². The summed E-state index contributed by atoms with van der Waals surface area (Å²) in [5, 5.41) is 10.8. The molecule has 0 atom stereocenters. The lowest BCUT2D eigenvalue weighted by atomic mass is 9.85. The molecular weight excluding hydrogens is 276 g/mol. The van der Waals surface area contributed by atoms with Crippen molar-refractivity contribution in [2.24, 2.45) is 0 Å². The number of H-pyrrole nitrogens is 1. The Balaban J connectivity index is 1.75. The molecule has 0 spiro atoms. The van der Waals surface area contributed by atoms with Crippen LogP contribution in [-0.2, 0) is 13.0 Å². The van der Waals surface area contributed by atoms with Crippen LogP contribution in [0, 0.1) is 0 Å². The second-order valence-electron chi connectivity index (χ2n) is 6.51. The molecule has 2 heterocycles. The molecule has 5 nitrogen and oxygen atoms in total. The third-order valence-corrected chi connectivity index (χ3v) is 4.60. The van der Waals surface area contributed by atoms with Crippen LogP contribution >= 0.6 is 0 Å². The van der Waals surface area contributed by atoms with E-state index in [-0.39, 0.29) is 0 Å². The number of unbranched alkanes of at least 4 members (excludes halogenated alkanes) is 1. The number of aliphatic hydroxyl groups is 1. The lowest BCUT2D eigenvalue weighted by Gasteiger charge is -2.32. The van der Waals surface area contributed by atoms with E-state index in [1.54, 1.807) is 6.20 Å². The van der Waals surface area contributed by atoms with Gasteiger partial charge in [-0.1, -0.05) is 32.6 Å². The molecule has 22 heavy (non-hydrogen) atoms. The van der Waals surface area contributed by atoms with E-state index >= 15 is 0 Å². The van der Waals surface area contributed by atoms with E-state index in [0.717, 1.165) is 62.3 Å². The number of aryl methyl sites for hydroxylation is 1. The maximum Gasteiger partial charge on any atom is 0.158 e. The second-order valence-corrected chi connectivity index (χ2v) is 6.51. The summed E-state index contributed by atoms with van der Waals surface area (Å²) in [6, 6.07) is 0. The van der Waals surface area contributed by atoms with Crippen LogP contribution in [0.25, 0.3) is 11.5 Å². The molecule has 2 aromatic rings. The Bertz CT molecular complexity index is 595. The van der Waals surface area contributed by atoms with Gasteiger partial charge in [0.25, 0.3) is 0 Å². The molecular formula is C17H26N4O. The van der Waals surface area contributed by atoms with Gasteiger partial charge in [-0.15, -0.1) is 0 Å². The van der Waals surface area contributed by atoms with Crippen LogP contribution in [0.3, 0.4) is 0 Å². The number of nitrogens with zero attached hydrogens (tertiary/aromatic N) is 3. The molecule has 1 saturated carbocycles. The van der Waals surface area contributed by atoms with Crippen molar-refractivity contribution in [1.29, 1.82) is 0 Å². The van der Waals surface area contributed by atoms with Crippen LogP contribution in [0.2, 0.25) is 0 Å². The number of nitrogens with one attached hydrogen (secondary N) is 1. The SMILES string of the molecule is CCCCc1ncc(-c2nccn2CC2(O)CCCCC2)[nH]1. The third-order valence-electron chi connectivity index (χ3n) is 4.60. The van der Waals surface area contributed by atoms with Gasteiger partial charge in [-0.3, -0.25) is 0 Å². The molecule has 0 aliphatic heterocycles. The van der Waals surface area contributed by atoms with Crippen LogP contribution in [0.15, 0.2) is 18.6 Å². The lowest BCUT2D eigenvalue weighted by molar-refractivity contribution is -0.0111. The van der Waals surface area contributed by atoms with Crippen LogP contribution in [-0.4, -0.2) is 30.2 Å². The average molecular weight is 302 g/mol. The van der Waals surface area contributed by atoms with Crippen molar-refractivity contribution in [2.75, 3.05) is 0 Å². The monoisotopic (exact) mass is 302 g/mol. The summed E-state index contributed by atoms with van der Waals surface area (Å²) in [5.74, 6) is 1.89. The number of aromatic amines is 1. The topological polar surface area (TPSA) is 66.7 Å². The second kappa shape index (κ2) is 6.65. The summed E-state index contributed by atoms with van der Waals surface area (Å²) < 4.78 is 2.06. The summed E-state index contributed by atoms with van der Waals surface area (Å²) in [7, 11) is 0. The van der Waals surface area contributed by atoms with Crippen molar-refractivity contribution in [3.8, 4) is 11.5 Å². The van der Waals surface area contributed by atoms with Crippen molar-refractivity contribution < 1.29 is 5.11 Å². The summed E-state index contributed by atoms with van der Waals surface area (Å²) >= 11 is 0. The number of rotatable bonds is 6. The van der Waals surface area contributed by atoms with E-state index in [9.17, 15) is 5.11 Å². The first kappa shape index (κ1) is 15.3. The van der Waals surface area contributed by atoms with E-state index in [2.05, 4.69) is 26.4 Å². The Morgan fingerprint density at radius 1 is 1.27 bits per heavy atom. The quantitative estimate of drug-likeness (QED) is 0.860. The zero-order valence-corrected chi connectivity index (χ0v) is 13.4. The van der Waals surface area contributed by atoms with E-state index < -0.39 is 5.60 Å². The molecule has 0 bridgehead atoms. The highest BCUT2D eigenvalue weighted by Gasteiger charge is 2.30. The first-order valence-electron chi connectivity index (χ1n) is 8.48. The smallest absolute Gasteiger partial charge is 0.158 e. The zero-order valence-electron chi connectivity index (χ0n) is 13.4. The molecule has 1 fully saturated rings. The predicted octanol–water partition coefficient (Wildman–Crippen LogP) is 3.31. The molecule has 0 aromatic carbocycles. The lowest BCUT2D eigenvalue weighted by Crippen LogP contribution is -2.36. The summed E-state index contributed by atoms with van der Waals surface area (Å²) in [5.41, 5.74) is 0.356. The fourth-order valence-corrected chi connectivity index (χ4v) is 3.31. The molecule has 2 N–H and O–H groups in total. The zero-order chi connectivity index (χ0) is 15.4. The normalized spacial score (nSPS) is 17.7. The van der Waals surface area contributed by atoms with Crippen LogP contribution in [0.1, 0.15) is 57.7 Å². The highest BCUT2D eigenvalue weighted by molar-refractivity contribution is 5.48. The van der Waals surface area contributed by atoms with Crippen molar-refractivity contribution in [3.05, 3.63) is 24.4 Å². The van der Waals surface area contributed by atoms with Gasteiger partial charge >= 0.3 is 0 Å². The van der Waals surface area contributed by atoms with E-state index in [4.69, 9.17) is 0 Å². The Morgan fingerprint density at radius 2 is 2.09 bits per heavy atom. The van der Waals surface area contributed by atoms with Crippen LogP contribution in [0.4, 0.5) is 0 Å². The number of hydrogen-bond donors (Lipinski definition) is 2. The molecule has 1 aliphatic rings. The van der Waals surface area contributed by atoms with Crippen molar-refractivity contribution >= 4 is 0 Å². The molecule has 1 aliphatic carbocycles. The minimum Gasteiger partial charge on any atom is -0.388 e. The highest BCUT2D eigenvalue weighted by atomic mass is 16.3. The Hall–Kier alpha value is -1.62. The van der Waals surface area contributed by atoms with Gasteiger partial charge in [-0.05, 0) is 19.3 Å². The Morgan fingerprint density at radius 3 is 2.86 bits per heavy atom. The average Bonchev–Trinajstić information content (AvgIpc) is 3.14. The molecule has 5 heteroatoms. The van der Waals surface area contributed by atoms with E-state index in [0.29, 0.717) is 6.54 Å². The van der Waals surface area contributed by atoms with Crippen LogP contribution in [0.5, 0.6) is 0 Å². The summed E-state index contributed by atoms with van der Waals surface area (Å²) in [6.45, 7) is 2.80. The Kier molecular flexibility index (Phi) is 4.62. The fraction of sp³-hybridized carbons (Fsp3) is 0.647. The Labute approximate surface area is 131 Å². The predicted molar refractivity (Wildman–Crippen MR) is 86.5 cm³/mol. The standard InChI is InChI=1S/C17H26N4O/c1-2-3-7-15-19-12-14(20-15)16-18-10-11-21(16)13-17(22)8-5-4-6-9-17/h10-12,22H,2-9,13H2,1H3,(H,19,20). The van der Waals surface area contributed by atoms with Gasteiger partial charge < -0.3 is 14.7 Å². The highest BCUT2D eigenvalue weighted by Crippen LogP contribution is 2.30. The van der Waals surface area contributed by atoms with Crippen molar-refractivity contribution in [3.63, 3.8) is 0 Å². The molecule has 3 rings (SSSR count). The van der Waals surface area contributed by atoms with Gasteiger partial charge in [0.05, 0.1) is 18.3 Å². The number of hydrogen-bond acceptors (Lipinski definition) is 3. The first-order chi connectivity index (χ1) is 10.7. The minimum atomic E-state index is -0.585.